The number of halogens is 1. The van der Waals surface area contributed by atoms with Crippen molar-refractivity contribution in [1.29, 1.82) is 0 Å². The van der Waals surface area contributed by atoms with Crippen LogP contribution >= 0.6 is 11.6 Å². The largest absolute Gasteiger partial charge is 0.496 e. The number of benzene rings is 1. The lowest BCUT2D eigenvalue weighted by atomic mass is 10.0. The standard InChI is InChI=1S/C14H16ClN3O/c1-3-17-14(12-9-16-6-7-18-12)11-5-4-10(15)8-13(11)19-2/h4-9,14,17H,3H2,1-2H3. The van der Waals surface area contributed by atoms with Gasteiger partial charge < -0.3 is 10.1 Å². The summed E-state index contributed by atoms with van der Waals surface area (Å²) in [6, 6.07) is 5.53. The molecule has 0 saturated heterocycles. The first-order valence-corrected chi connectivity index (χ1v) is 6.46. The van der Waals surface area contributed by atoms with Crippen LogP contribution in [0, 0.1) is 0 Å². The molecule has 0 bridgehead atoms. The van der Waals surface area contributed by atoms with Gasteiger partial charge in [0.05, 0.1) is 25.0 Å². The van der Waals surface area contributed by atoms with E-state index in [2.05, 4.69) is 15.3 Å². The Labute approximate surface area is 117 Å². The van der Waals surface area contributed by atoms with Crippen LogP contribution < -0.4 is 10.1 Å². The molecule has 1 heterocycles. The number of rotatable bonds is 5. The Morgan fingerprint density at radius 3 is 2.84 bits per heavy atom. The summed E-state index contributed by atoms with van der Waals surface area (Å²) in [7, 11) is 1.63. The quantitative estimate of drug-likeness (QED) is 0.913. The van der Waals surface area contributed by atoms with Crippen LogP contribution in [0.2, 0.25) is 5.02 Å². The summed E-state index contributed by atoms with van der Waals surface area (Å²) in [5.41, 5.74) is 1.85. The lowest BCUT2D eigenvalue weighted by Gasteiger charge is -2.20. The van der Waals surface area contributed by atoms with Crippen molar-refractivity contribution in [2.24, 2.45) is 0 Å². The number of nitrogens with zero attached hydrogens (tertiary/aromatic N) is 2. The van der Waals surface area contributed by atoms with Gasteiger partial charge in [0.25, 0.3) is 0 Å². The number of aromatic nitrogens is 2. The molecule has 1 unspecified atom stereocenters. The van der Waals surface area contributed by atoms with Crippen LogP contribution in [0.25, 0.3) is 0 Å². The summed E-state index contributed by atoms with van der Waals surface area (Å²) in [4.78, 5) is 8.48. The fourth-order valence-electron chi connectivity index (χ4n) is 1.96. The Morgan fingerprint density at radius 1 is 1.37 bits per heavy atom. The van der Waals surface area contributed by atoms with Gasteiger partial charge in [-0.25, -0.2) is 0 Å². The average Bonchev–Trinajstić information content (AvgIpc) is 2.46. The second kappa shape index (κ2) is 6.50. The van der Waals surface area contributed by atoms with E-state index >= 15 is 0 Å². The van der Waals surface area contributed by atoms with Crippen molar-refractivity contribution in [3.63, 3.8) is 0 Å². The van der Waals surface area contributed by atoms with E-state index in [1.165, 1.54) is 0 Å². The van der Waals surface area contributed by atoms with Crippen LogP contribution in [0.4, 0.5) is 0 Å². The molecule has 0 spiro atoms. The molecule has 1 atom stereocenters. The number of hydrogen-bond donors (Lipinski definition) is 1. The third-order valence-electron chi connectivity index (χ3n) is 2.79. The van der Waals surface area contributed by atoms with Gasteiger partial charge >= 0.3 is 0 Å². The summed E-state index contributed by atoms with van der Waals surface area (Å²) in [5, 5.41) is 4.03. The third kappa shape index (κ3) is 3.22. The maximum atomic E-state index is 5.99. The van der Waals surface area contributed by atoms with E-state index in [0.717, 1.165) is 23.6 Å². The van der Waals surface area contributed by atoms with E-state index in [0.29, 0.717) is 5.02 Å². The Morgan fingerprint density at radius 2 is 2.21 bits per heavy atom. The van der Waals surface area contributed by atoms with Gasteiger partial charge in [-0.15, -0.1) is 0 Å². The molecular weight excluding hydrogens is 262 g/mol. The maximum Gasteiger partial charge on any atom is 0.125 e. The smallest absolute Gasteiger partial charge is 0.125 e. The van der Waals surface area contributed by atoms with E-state index in [1.54, 1.807) is 31.8 Å². The molecule has 1 aromatic heterocycles. The molecule has 0 saturated carbocycles. The zero-order chi connectivity index (χ0) is 13.7. The Bertz CT molecular complexity index is 533. The van der Waals surface area contributed by atoms with Gasteiger partial charge in [-0.1, -0.05) is 24.6 Å². The molecule has 0 aliphatic heterocycles. The number of hydrogen-bond acceptors (Lipinski definition) is 4. The molecule has 2 rings (SSSR count). The van der Waals surface area contributed by atoms with E-state index in [1.807, 2.05) is 19.1 Å². The van der Waals surface area contributed by atoms with Crippen LogP contribution in [-0.4, -0.2) is 23.6 Å². The summed E-state index contributed by atoms with van der Waals surface area (Å²) in [6.07, 6.45) is 5.09. The summed E-state index contributed by atoms with van der Waals surface area (Å²) >= 11 is 5.99. The number of nitrogens with one attached hydrogen (secondary N) is 1. The SMILES string of the molecule is CCNC(c1cnccn1)c1ccc(Cl)cc1OC. The highest BCUT2D eigenvalue weighted by atomic mass is 35.5. The zero-order valence-corrected chi connectivity index (χ0v) is 11.7. The van der Waals surface area contributed by atoms with Gasteiger partial charge in [-0.3, -0.25) is 9.97 Å². The van der Waals surface area contributed by atoms with E-state index < -0.39 is 0 Å². The minimum absolute atomic E-state index is 0.0640. The van der Waals surface area contributed by atoms with Crippen molar-refractivity contribution < 1.29 is 4.74 Å². The number of methoxy groups -OCH3 is 1. The van der Waals surface area contributed by atoms with Gasteiger partial charge in [-0.2, -0.15) is 0 Å². The topological polar surface area (TPSA) is 47.0 Å². The van der Waals surface area contributed by atoms with E-state index in [9.17, 15) is 0 Å². The van der Waals surface area contributed by atoms with Crippen LogP contribution in [0.3, 0.4) is 0 Å². The average molecular weight is 278 g/mol. The highest BCUT2D eigenvalue weighted by molar-refractivity contribution is 6.30. The molecule has 5 heteroatoms. The van der Waals surface area contributed by atoms with Gasteiger partial charge in [-0.05, 0) is 18.7 Å². The first kappa shape index (κ1) is 13.8. The van der Waals surface area contributed by atoms with Gasteiger partial charge in [0.2, 0.25) is 0 Å². The highest BCUT2D eigenvalue weighted by Gasteiger charge is 2.18. The first-order chi connectivity index (χ1) is 9.26. The molecule has 0 amide bonds. The van der Waals surface area contributed by atoms with Gasteiger partial charge in [0.15, 0.2) is 0 Å². The third-order valence-corrected chi connectivity index (χ3v) is 3.03. The molecule has 0 aliphatic carbocycles. The van der Waals surface area contributed by atoms with Crippen LogP contribution in [0.15, 0.2) is 36.8 Å². The van der Waals surface area contributed by atoms with E-state index in [-0.39, 0.29) is 6.04 Å². The fourth-order valence-corrected chi connectivity index (χ4v) is 2.12. The number of ether oxygens (including phenoxy) is 1. The lowest BCUT2D eigenvalue weighted by Crippen LogP contribution is -2.23. The minimum Gasteiger partial charge on any atom is -0.496 e. The van der Waals surface area contributed by atoms with Gasteiger partial charge in [0, 0.05) is 23.0 Å². The summed E-state index contributed by atoms with van der Waals surface area (Å²) in [5.74, 6) is 0.740. The van der Waals surface area contributed by atoms with Crippen molar-refractivity contribution in [3.8, 4) is 5.75 Å². The predicted molar refractivity (Wildman–Crippen MR) is 75.6 cm³/mol. The lowest BCUT2D eigenvalue weighted by molar-refractivity contribution is 0.404. The van der Waals surface area contributed by atoms with Crippen LogP contribution in [0.5, 0.6) is 5.75 Å². The summed E-state index contributed by atoms with van der Waals surface area (Å²) < 4.78 is 5.40. The second-order valence-electron chi connectivity index (χ2n) is 4.01. The molecule has 0 fully saturated rings. The zero-order valence-electron chi connectivity index (χ0n) is 10.9. The summed E-state index contributed by atoms with van der Waals surface area (Å²) in [6.45, 7) is 2.86. The van der Waals surface area contributed by atoms with Crippen molar-refractivity contribution >= 4 is 11.6 Å². The first-order valence-electron chi connectivity index (χ1n) is 6.09. The Balaban J connectivity index is 2.45. The van der Waals surface area contributed by atoms with Crippen LogP contribution in [0.1, 0.15) is 24.2 Å². The fraction of sp³-hybridized carbons (Fsp3) is 0.286. The molecule has 1 N–H and O–H groups in total. The van der Waals surface area contributed by atoms with E-state index in [4.69, 9.17) is 16.3 Å². The molecule has 2 aromatic rings. The molecular formula is C14H16ClN3O. The van der Waals surface area contributed by atoms with Crippen molar-refractivity contribution in [2.45, 2.75) is 13.0 Å². The highest BCUT2D eigenvalue weighted by Crippen LogP contribution is 2.31. The molecule has 4 nitrogen and oxygen atoms in total. The van der Waals surface area contributed by atoms with Crippen LogP contribution in [-0.2, 0) is 0 Å². The second-order valence-corrected chi connectivity index (χ2v) is 4.44. The molecule has 1 aromatic carbocycles. The van der Waals surface area contributed by atoms with Crippen molar-refractivity contribution in [1.82, 2.24) is 15.3 Å². The Kier molecular flexibility index (Phi) is 4.71. The predicted octanol–water partition coefficient (Wildman–Crippen LogP) is 2.84. The normalized spacial score (nSPS) is 12.2. The van der Waals surface area contributed by atoms with Gasteiger partial charge in [0.1, 0.15) is 5.75 Å². The molecule has 100 valence electrons. The minimum atomic E-state index is -0.0640. The molecule has 0 aliphatic rings. The molecule has 0 radical (unpaired) electrons. The molecule has 19 heavy (non-hydrogen) atoms. The van der Waals surface area contributed by atoms with Crippen molar-refractivity contribution in [3.05, 3.63) is 53.1 Å². The monoisotopic (exact) mass is 277 g/mol. The maximum absolute atomic E-state index is 5.99. The Hall–Kier alpha value is -1.65. The van der Waals surface area contributed by atoms with Crippen molar-refractivity contribution in [2.75, 3.05) is 13.7 Å².